The van der Waals surface area contributed by atoms with E-state index in [2.05, 4.69) is 257 Å². The summed E-state index contributed by atoms with van der Waals surface area (Å²) in [7, 11) is 20.2. The molecule has 19 heteroatoms. The van der Waals surface area contributed by atoms with Crippen molar-refractivity contribution in [1.82, 2.24) is 0 Å². The normalized spacial score (nSPS) is 10.8. The Morgan fingerprint density at radius 1 is 0.505 bits per heavy atom. The molecule has 1 aliphatic rings. The van der Waals surface area contributed by atoms with Crippen molar-refractivity contribution in [3.05, 3.63) is 287 Å². The van der Waals surface area contributed by atoms with Crippen molar-refractivity contribution in [2.24, 2.45) is 0 Å². The Morgan fingerprint density at radius 2 is 0.881 bits per heavy atom. The second kappa shape index (κ2) is 45.6. The van der Waals surface area contributed by atoms with Gasteiger partial charge in [0.05, 0.1) is 6.61 Å². The van der Waals surface area contributed by atoms with E-state index in [1.54, 1.807) is 0 Å². The maximum atomic E-state index is 13.1. The molecule has 0 aliphatic carbocycles. The number of ketones is 1. The summed E-state index contributed by atoms with van der Waals surface area (Å²) in [5, 5.41) is 14.4. The van der Waals surface area contributed by atoms with Gasteiger partial charge in [0.1, 0.15) is 21.8 Å². The summed E-state index contributed by atoms with van der Waals surface area (Å²) < 4.78 is 7.30. The van der Waals surface area contributed by atoms with Crippen molar-refractivity contribution in [3.63, 3.8) is 0 Å². The van der Waals surface area contributed by atoms with E-state index in [1.807, 2.05) is 199 Å². The van der Waals surface area contributed by atoms with E-state index in [4.69, 9.17) is 10.8 Å². The molecule has 0 fully saturated rings. The van der Waals surface area contributed by atoms with E-state index in [-0.39, 0.29) is 51.8 Å². The molecule has 4 N–H and O–H groups in total. The molecule has 1 heterocycles. The number of nitrogens with zero attached hydrogens (tertiary/aromatic N) is 7. The van der Waals surface area contributed by atoms with Crippen molar-refractivity contribution in [2.45, 2.75) is 40.0 Å². The van der Waals surface area contributed by atoms with E-state index < -0.39 is 8.07 Å². The number of benzene rings is 9. The van der Waals surface area contributed by atoms with E-state index in [1.165, 1.54) is 49.7 Å². The first kappa shape index (κ1) is 90.7. The number of nitrogen functional groups attached to an aromatic ring is 1. The Bertz CT molecular complexity index is 4130. The Balaban J connectivity index is 0.000000618. The van der Waals surface area contributed by atoms with Crippen molar-refractivity contribution in [2.75, 3.05) is 138 Å². The molecule has 0 atom stereocenters. The number of nitrogens with one attached hydrogen (secondary N) is 1. The third-order valence-corrected chi connectivity index (χ3v) is 22.7. The zero-order valence-electron chi connectivity index (χ0n) is 63.0. The predicted molar refractivity (Wildman–Crippen MR) is 462 cm³/mol. The van der Waals surface area contributed by atoms with Gasteiger partial charge < -0.3 is 47.0 Å². The summed E-state index contributed by atoms with van der Waals surface area (Å²) in [4.78, 5) is 25.8. The zero-order valence-corrected chi connectivity index (χ0v) is 73.0. The molecule has 11 nitrogen and oxygen atoms in total. The summed E-state index contributed by atoms with van der Waals surface area (Å²) in [6, 6.07) is 63.7. The minimum Gasteiger partial charge on any atom is -1.00 e. The number of anilines is 8. The molecule has 0 amide bonds. The average molecular weight is 1710 g/mol. The van der Waals surface area contributed by atoms with Gasteiger partial charge in [-0.3, -0.25) is 4.79 Å². The number of hydrogen-bond acceptors (Lipinski definition) is 10. The predicted octanol–water partition coefficient (Wildman–Crippen LogP) is 16.1. The van der Waals surface area contributed by atoms with Gasteiger partial charge in [-0.1, -0.05) is 166 Å². The summed E-state index contributed by atoms with van der Waals surface area (Å²) in [5.41, 5.74) is 23.3. The Labute approximate surface area is 674 Å². The van der Waals surface area contributed by atoms with Crippen LogP contribution in [0.25, 0.3) is 0 Å². The second-order valence-corrected chi connectivity index (χ2v) is 33.7. The van der Waals surface area contributed by atoms with Gasteiger partial charge in [0.25, 0.3) is 0 Å². The molecular weight excluding hydrogens is 1600 g/mol. The fourth-order valence-corrected chi connectivity index (χ4v) is 15.5. The SMILES string of the molecule is C=CCN(C)c1ccc(Cc2ccc(N(C)C)cc2Br)c(Br)c1.C=CCN(C)c1ccc2c(c1)[Si](C)(C)c1cc(N(C)C)ccc1C2=O.C=CCN(C)c1cccc(Br)c1.C=[N+](C)c1cccc(C)c1.CN(C)c1ccc(CO)c(Br)c1.CNc1cccc(Br)c1.Cc1cccc(N)c1.[B].[H-].[Na+]. The Hall–Kier alpha value is -6.42. The van der Waals surface area contributed by atoms with Gasteiger partial charge in [0.2, 0.25) is 5.69 Å². The van der Waals surface area contributed by atoms with Gasteiger partial charge in [-0.05, 0) is 180 Å². The average Bonchev–Trinajstić information content (AvgIpc) is 0.732. The number of aliphatic hydroxyl groups is 1. The second-order valence-electron chi connectivity index (χ2n) is 25.0. The molecule has 1 aliphatic heterocycles. The number of nitrogens with two attached hydrogens (primary N) is 1. The summed E-state index contributed by atoms with van der Waals surface area (Å²) in [5.74, 6) is 0.153. The van der Waals surface area contributed by atoms with Gasteiger partial charge in [-0.15, -0.1) is 19.7 Å². The van der Waals surface area contributed by atoms with Crippen molar-refractivity contribution < 1.29 is 45.5 Å². The van der Waals surface area contributed by atoms with Crippen LogP contribution in [0.2, 0.25) is 13.1 Å². The molecule has 10 rings (SSSR count). The van der Waals surface area contributed by atoms with Crippen molar-refractivity contribution in [3.8, 4) is 0 Å². The number of likely N-dealkylation sites (N-methyl/N-ethyl adjacent to an activating group) is 3. The maximum absolute atomic E-state index is 13.1. The van der Waals surface area contributed by atoms with Gasteiger partial charge in [-0.25, -0.2) is 4.58 Å². The van der Waals surface area contributed by atoms with Crippen LogP contribution in [0.1, 0.15) is 45.2 Å². The molecule has 3 radical (unpaired) electrons. The first-order valence-electron chi connectivity index (χ1n) is 32.3. The topological polar surface area (TPSA) is 97.8 Å². The largest absolute Gasteiger partial charge is 1.00 e. The number of carbonyl (C=O) groups is 1. The molecule has 101 heavy (non-hydrogen) atoms. The third-order valence-electron chi connectivity index (χ3n) is 16.0. The first-order chi connectivity index (χ1) is 46.9. The molecule has 529 valence electrons. The summed E-state index contributed by atoms with van der Waals surface area (Å²) in [6.07, 6.45) is 6.58. The molecule has 0 bridgehead atoms. The standard InChI is InChI=1S/C21H26N2OSi.C19H22Br2N2.C10H12BrN.C9H12BrNO.C9H12N.C7H8BrN.C7H9N.B.Na.H/c1-7-12-23(4)16-9-11-18-20(14-16)25(5,6)19-13-15(22(2)3)8-10-17(19)21(18)24;1-5-10-23(4)17-9-7-15(19(21)13-17)11-14-6-8-16(22(2)3)12-18(14)20;1-3-7-12(2)10-6-4-5-9(11)8-10;1-11(2)8-4-3-7(6-12)9(10)5-8;1-8-5-4-6-9(7-8)10(2)3;1-9-7-4-2-3-6(8)5-7;1-6-3-2-4-7(8)5-6;;;/h7-11,13-14H,1,12H2,2-6H3;5-9,12-13H,1,10-11H2,2-4H3;3-6,8H,1,7H2,2H3;3-5,12H,6H2,1-2H3;4-7H,2H2,1,3H3;2-5,9H,1H3;2-5H,8H2,1H3;;;/q;;;;+1;;;;+1;-1. The zero-order chi connectivity index (χ0) is 73.7. The van der Waals surface area contributed by atoms with Crippen molar-refractivity contribution >= 4 is 170 Å². The van der Waals surface area contributed by atoms with Crippen LogP contribution in [0.15, 0.2) is 248 Å². The van der Waals surface area contributed by atoms with Crippen LogP contribution in [0, 0.1) is 13.8 Å². The molecule has 9 aromatic rings. The van der Waals surface area contributed by atoms with Gasteiger partial charge >= 0.3 is 29.6 Å². The molecule has 0 spiro atoms. The molecule has 0 saturated carbocycles. The Morgan fingerprint density at radius 3 is 1.26 bits per heavy atom. The van der Waals surface area contributed by atoms with Crippen LogP contribution >= 0.6 is 79.6 Å². The number of halogens is 5. The first-order valence-corrected chi connectivity index (χ1v) is 39.3. The number of aryl methyl sites for hydroxylation is 2. The maximum Gasteiger partial charge on any atom is 1.00 e. The van der Waals surface area contributed by atoms with Crippen LogP contribution in [-0.2, 0) is 13.0 Å². The molecule has 0 unspecified atom stereocenters. The summed E-state index contributed by atoms with van der Waals surface area (Å²) >= 11 is 17.6. The van der Waals surface area contributed by atoms with Crippen LogP contribution in [0.3, 0.4) is 0 Å². The number of rotatable bonds is 17. The fraction of sp³-hybridized carbons (Fsp3) is 0.244. The van der Waals surface area contributed by atoms with Crippen LogP contribution in [-0.4, -0.2) is 136 Å². The number of hydrogen-bond donors (Lipinski definition) is 3. The smallest absolute Gasteiger partial charge is 1.00 e. The number of carbonyl (C=O) groups excluding carboxylic acids is 1. The molecule has 0 aromatic heterocycles. The fourth-order valence-electron chi connectivity index (χ4n) is 10.1. The van der Waals surface area contributed by atoms with Gasteiger partial charge in [0, 0.05) is 190 Å². The van der Waals surface area contributed by atoms with E-state index in [0.717, 1.165) is 99.2 Å². The van der Waals surface area contributed by atoms with E-state index >= 15 is 0 Å². The van der Waals surface area contributed by atoms with E-state index in [0.29, 0.717) is 0 Å². The van der Waals surface area contributed by atoms with Crippen LogP contribution < -0.4 is 80.4 Å². The van der Waals surface area contributed by atoms with Crippen LogP contribution in [0.4, 0.5) is 51.2 Å². The quantitative estimate of drug-likeness (QED) is 0.0269. The number of fused-ring (bicyclic) bond motifs is 2. The minimum atomic E-state index is -1.95. The van der Waals surface area contributed by atoms with Gasteiger partial charge in [-0.2, -0.15) is 0 Å². The summed E-state index contributed by atoms with van der Waals surface area (Å²) in [6.45, 7) is 26.4. The monoisotopic (exact) mass is 1700 g/mol. The third kappa shape index (κ3) is 29.3. The van der Waals surface area contributed by atoms with E-state index in [9.17, 15) is 4.79 Å². The van der Waals surface area contributed by atoms with Gasteiger partial charge in [0.15, 0.2) is 5.78 Å². The Kier molecular flexibility index (Phi) is 41.0. The van der Waals surface area contributed by atoms with Crippen molar-refractivity contribution in [1.29, 1.82) is 0 Å². The van der Waals surface area contributed by atoms with Crippen LogP contribution in [0.5, 0.6) is 0 Å². The number of aliphatic hydroxyl groups excluding tert-OH is 1. The molecule has 9 aromatic carbocycles. The molecular formula is C82H102BBr5N9NaO2Si+. The molecule has 0 saturated heterocycles. The minimum absolute atomic E-state index is 0.